The molecule has 0 aromatic heterocycles. The zero-order valence-corrected chi connectivity index (χ0v) is 19.4. The number of alkyl halides is 6. The van der Waals surface area contributed by atoms with Gasteiger partial charge in [0.05, 0.1) is 21.0 Å². The topological polar surface area (TPSA) is 75.7 Å². The molecule has 1 aliphatic heterocycles. The van der Waals surface area contributed by atoms with Crippen LogP contribution in [0.2, 0.25) is 5.02 Å². The Hall–Kier alpha value is -2.51. The van der Waals surface area contributed by atoms with Gasteiger partial charge < -0.3 is 10.1 Å². The van der Waals surface area contributed by atoms with Gasteiger partial charge in [0.2, 0.25) is 10.0 Å². The number of ether oxygens (including phenoxy) is 1. The Morgan fingerprint density at radius 3 is 2.03 bits per heavy atom. The number of hydrogen-bond donors (Lipinski definition) is 1. The van der Waals surface area contributed by atoms with Gasteiger partial charge in [-0.3, -0.25) is 4.79 Å². The molecule has 1 N–H and O–H groups in total. The lowest BCUT2D eigenvalue weighted by atomic mass is 10.1. The van der Waals surface area contributed by atoms with Gasteiger partial charge in [-0.05, 0) is 49.2 Å². The number of anilines is 1. The van der Waals surface area contributed by atoms with Crippen LogP contribution < -0.4 is 10.1 Å². The Kier molecular flexibility index (Phi) is 7.92. The fourth-order valence-electron chi connectivity index (χ4n) is 3.38. The van der Waals surface area contributed by atoms with Gasteiger partial charge in [-0.25, -0.2) is 8.42 Å². The van der Waals surface area contributed by atoms with Crippen LogP contribution in [0, 0.1) is 0 Å². The Bertz CT molecular complexity index is 1160. The number of nitrogens with one attached hydrogen (secondary N) is 1. The van der Waals surface area contributed by atoms with Gasteiger partial charge >= 0.3 is 12.4 Å². The second kappa shape index (κ2) is 10.2. The molecule has 0 unspecified atom stereocenters. The van der Waals surface area contributed by atoms with Crippen molar-refractivity contribution in [3.05, 3.63) is 52.5 Å². The number of hydrogen-bond acceptors (Lipinski definition) is 4. The van der Waals surface area contributed by atoms with E-state index in [1.807, 2.05) is 5.32 Å². The minimum atomic E-state index is -5.07. The fourth-order valence-corrected chi connectivity index (χ4v) is 5.22. The first-order valence-electron chi connectivity index (χ1n) is 10.2. The Balaban J connectivity index is 1.70. The molecule has 1 heterocycles. The van der Waals surface area contributed by atoms with Crippen LogP contribution in [-0.4, -0.2) is 38.3 Å². The quantitative estimate of drug-likeness (QED) is 0.483. The lowest BCUT2D eigenvalue weighted by molar-refractivity contribution is -0.143. The fraction of sp³-hybridized carbons (Fsp3) is 0.381. The molecule has 0 spiro atoms. The lowest BCUT2D eigenvalue weighted by Gasteiger charge is -2.26. The normalized spacial score (nSPS) is 15.6. The minimum Gasteiger partial charge on any atom is -0.482 e. The molecule has 14 heteroatoms. The molecule has 0 atom stereocenters. The predicted octanol–water partition coefficient (Wildman–Crippen LogP) is 5.57. The number of benzene rings is 2. The lowest BCUT2D eigenvalue weighted by Crippen LogP contribution is -2.35. The van der Waals surface area contributed by atoms with Gasteiger partial charge in [-0.1, -0.05) is 18.0 Å². The number of nitrogens with zero attached hydrogens (tertiary/aromatic N) is 1. The van der Waals surface area contributed by atoms with Crippen molar-refractivity contribution >= 4 is 33.2 Å². The molecule has 2 aromatic rings. The summed E-state index contributed by atoms with van der Waals surface area (Å²) in [6, 6.07) is 4.23. The van der Waals surface area contributed by atoms with Crippen molar-refractivity contribution < 1.29 is 44.3 Å². The van der Waals surface area contributed by atoms with E-state index in [1.54, 1.807) is 0 Å². The Labute approximate surface area is 201 Å². The maximum absolute atomic E-state index is 13.0. The second-order valence-corrected chi connectivity index (χ2v) is 10.0. The van der Waals surface area contributed by atoms with Gasteiger partial charge in [0.15, 0.2) is 6.61 Å². The summed E-state index contributed by atoms with van der Waals surface area (Å²) in [7, 11) is -3.78. The molecule has 0 radical (unpaired) electrons. The summed E-state index contributed by atoms with van der Waals surface area (Å²) in [5.74, 6) is -1.15. The molecular weight excluding hydrogens is 526 g/mol. The van der Waals surface area contributed by atoms with E-state index in [1.165, 1.54) is 16.4 Å². The SMILES string of the molecule is O=C(COc1ccc(S(=O)(=O)N2CCCCC2)cc1Cl)Nc1cc(C(F)(F)F)cc(C(F)(F)F)c1. The summed E-state index contributed by atoms with van der Waals surface area (Å²) in [5.41, 5.74) is -3.90. The third-order valence-corrected chi connectivity index (χ3v) is 7.28. The second-order valence-electron chi connectivity index (χ2n) is 7.69. The third kappa shape index (κ3) is 6.79. The van der Waals surface area contributed by atoms with Gasteiger partial charge in [-0.2, -0.15) is 30.6 Å². The first-order valence-corrected chi connectivity index (χ1v) is 12.0. The average Bonchev–Trinajstić information content (AvgIpc) is 2.77. The van der Waals surface area contributed by atoms with E-state index in [0.717, 1.165) is 25.3 Å². The summed E-state index contributed by atoms with van der Waals surface area (Å²) in [6.07, 6.45) is -7.74. The predicted molar refractivity (Wildman–Crippen MR) is 115 cm³/mol. The Morgan fingerprint density at radius 1 is 0.943 bits per heavy atom. The van der Waals surface area contributed by atoms with E-state index in [9.17, 15) is 39.6 Å². The highest BCUT2D eigenvalue weighted by Gasteiger charge is 2.37. The standard InChI is InChI=1S/C21H19ClF6N2O4S/c22-17-11-16(35(32,33)30-6-2-1-3-7-30)4-5-18(17)34-12-19(31)29-15-9-13(20(23,24)25)8-14(10-15)21(26,27)28/h4-5,8-11H,1-3,6-7,12H2,(H,29,31). The van der Waals surface area contributed by atoms with Crippen LogP contribution in [-0.2, 0) is 27.2 Å². The zero-order chi connectivity index (χ0) is 26.0. The summed E-state index contributed by atoms with van der Waals surface area (Å²) < 4.78 is 110. The van der Waals surface area contributed by atoms with E-state index in [0.29, 0.717) is 25.2 Å². The van der Waals surface area contributed by atoms with Gasteiger partial charge in [0, 0.05) is 18.8 Å². The average molecular weight is 545 g/mol. The van der Waals surface area contributed by atoms with Crippen LogP contribution in [0.15, 0.2) is 41.3 Å². The molecule has 0 bridgehead atoms. The highest BCUT2D eigenvalue weighted by Crippen LogP contribution is 2.37. The molecule has 1 saturated heterocycles. The zero-order valence-electron chi connectivity index (χ0n) is 17.8. The number of sulfonamides is 1. The van der Waals surface area contributed by atoms with Crippen LogP contribution in [0.1, 0.15) is 30.4 Å². The van der Waals surface area contributed by atoms with Crippen LogP contribution in [0.5, 0.6) is 5.75 Å². The van der Waals surface area contributed by atoms with Gasteiger partial charge in [0.25, 0.3) is 5.91 Å². The number of rotatable bonds is 6. The molecule has 1 fully saturated rings. The summed E-state index contributed by atoms with van der Waals surface area (Å²) >= 11 is 6.07. The monoisotopic (exact) mass is 544 g/mol. The molecule has 192 valence electrons. The van der Waals surface area contributed by atoms with Gasteiger partial charge in [0.1, 0.15) is 5.75 Å². The van der Waals surface area contributed by atoms with Crippen LogP contribution in [0.3, 0.4) is 0 Å². The maximum Gasteiger partial charge on any atom is 0.416 e. The van der Waals surface area contributed by atoms with Crippen LogP contribution >= 0.6 is 11.6 Å². The molecule has 35 heavy (non-hydrogen) atoms. The maximum atomic E-state index is 13.0. The molecule has 0 aliphatic carbocycles. The Morgan fingerprint density at radius 2 is 1.51 bits per heavy atom. The van der Waals surface area contributed by atoms with Gasteiger partial charge in [-0.15, -0.1) is 0 Å². The third-order valence-electron chi connectivity index (χ3n) is 5.09. The van der Waals surface area contributed by atoms with Crippen molar-refractivity contribution in [1.82, 2.24) is 4.31 Å². The molecule has 6 nitrogen and oxygen atoms in total. The first-order chi connectivity index (χ1) is 16.2. The van der Waals surface area contributed by atoms with Crippen molar-refractivity contribution in [2.24, 2.45) is 0 Å². The van der Waals surface area contributed by atoms with E-state index >= 15 is 0 Å². The van der Waals surface area contributed by atoms with Crippen molar-refractivity contribution in [1.29, 1.82) is 0 Å². The van der Waals surface area contributed by atoms with Crippen LogP contribution in [0.4, 0.5) is 32.0 Å². The molecule has 1 amide bonds. The number of amides is 1. The minimum absolute atomic E-state index is 0.0641. The molecule has 0 saturated carbocycles. The van der Waals surface area contributed by atoms with Crippen molar-refractivity contribution in [3.8, 4) is 5.75 Å². The highest BCUT2D eigenvalue weighted by atomic mass is 35.5. The number of carbonyl (C=O) groups excluding carboxylic acids is 1. The van der Waals surface area contributed by atoms with E-state index < -0.39 is 51.7 Å². The van der Waals surface area contributed by atoms with Crippen molar-refractivity contribution in [2.75, 3.05) is 25.0 Å². The largest absolute Gasteiger partial charge is 0.482 e. The number of halogens is 7. The highest BCUT2D eigenvalue weighted by molar-refractivity contribution is 7.89. The molecule has 3 rings (SSSR count). The first kappa shape index (κ1) is 27.1. The van der Waals surface area contributed by atoms with E-state index in [4.69, 9.17) is 16.3 Å². The molecule has 2 aromatic carbocycles. The molecular formula is C21H19ClF6N2O4S. The summed E-state index contributed by atoms with van der Waals surface area (Å²) in [5, 5.41) is 1.78. The van der Waals surface area contributed by atoms with Crippen molar-refractivity contribution in [2.45, 2.75) is 36.5 Å². The van der Waals surface area contributed by atoms with Crippen molar-refractivity contribution in [3.63, 3.8) is 0 Å². The number of carbonyl (C=O) groups is 1. The van der Waals surface area contributed by atoms with Crippen LogP contribution in [0.25, 0.3) is 0 Å². The van der Waals surface area contributed by atoms with E-state index in [-0.39, 0.29) is 21.7 Å². The summed E-state index contributed by atoms with van der Waals surface area (Å²) in [4.78, 5) is 12.0. The molecule has 1 aliphatic rings. The smallest absolute Gasteiger partial charge is 0.416 e. The van der Waals surface area contributed by atoms with E-state index in [2.05, 4.69) is 0 Å². The number of piperidine rings is 1. The summed E-state index contributed by atoms with van der Waals surface area (Å²) in [6.45, 7) is -0.0521.